The number of ether oxygens (including phenoxy) is 2. The molecule has 6 nitrogen and oxygen atoms in total. The van der Waals surface area contributed by atoms with Gasteiger partial charge in [-0.1, -0.05) is 0 Å². The predicted molar refractivity (Wildman–Crippen MR) is 63.0 cm³/mol. The molecule has 0 bridgehead atoms. The van der Waals surface area contributed by atoms with Crippen LogP contribution in [-0.2, 0) is 19.1 Å². The van der Waals surface area contributed by atoms with Crippen molar-refractivity contribution in [3.8, 4) is 0 Å². The van der Waals surface area contributed by atoms with E-state index in [1.165, 1.54) is 14.0 Å². The molecule has 0 aromatic heterocycles. The van der Waals surface area contributed by atoms with Gasteiger partial charge in [-0.2, -0.15) is 0 Å². The molecule has 0 unspecified atom stereocenters. The first-order chi connectivity index (χ1) is 8.10. The van der Waals surface area contributed by atoms with Gasteiger partial charge in [0.15, 0.2) is 5.78 Å². The molecule has 102 valence electrons. The number of likely N-dealkylation sites (tertiary alicyclic amines) is 1. The second kappa shape index (κ2) is 4.59. The van der Waals surface area contributed by atoms with Crippen molar-refractivity contribution >= 4 is 17.8 Å². The number of esters is 1. The lowest BCUT2D eigenvalue weighted by Gasteiger charge is -2.33. The lowest BCUT2D eigenvalue weighted by Crippen LogP contribution is -2.52. The summed E-state index contributed by atoms with van der Waals surface area (Å²) in [6.45, 7) is 6.54. The Morgan fingerprint density at radius 3 is 2.33 bits per heavy atom. The molecule has 0 saturated carbocycles. The van der Waals surface area contributed by atoms with E-state index in [1.807, 2.05) is 0 Å². The molecule has 0 aliphatic carbocycles. The molecular formula is C12H19NO5. The Morgan fingerprint density at radius 2 is 1.89 bits per heavy atom. The van der Waals surface area contributed by atoms with Crippen molar-refractivity contribution in [1.82, 2.24) is 4.90 Å². The first-order valence-corrected chi connectivity index (χ1v) is 5.71. The van der Waals surface area contributed by atoms with Crippen LogP contribution in [0.5, 0.6) is 0 Å². The molecule has 1 aliphatic rings. The van der Waals surface area contributed by atoms with Gasteiger partial charge in [0.2, 0.25) is 0 Å². The number of hydrogen-bond donors (Lipinski definition) is 0. The highest BCUT2D eigenvalue weighted by Gasteiger charge is 2.51. The Morgan fingerprint density at radius 1 is 1.33 bits per heavy atom. The topological polar surface area (TPSA) is 72.9 Å². The lowest BCUT2D eigenvalue weighted by atomic mass is 9.99. The Kier molecular flexibility index (Phi) is 3.69. The maximum atomic E-state index is 12.0. The summed E-state index contributed by atoms with van der Waals surface area (Å²) in [6.07, 6.45) is -0.722. The van der Waals surface area contributed by atoms with Crippen LogP contribution in [0.4, 0.5) is 4.79 Å². The Balaban J connectivity index is 2.95. The van der Waals surface area contributed by atoms with Gasteiger partial charge in [0.25, 0.3) is 0 Å². The summed E-state index contributed by atoms with van der Waals surface area (Å²) in [6, 6.07) is 0. The predicted octanol–water partition coefficient (Wildman–Crippen LogP) is 1.13. The minimum absolute atomic E-state index is 0.0427. The van der Waals surface area contributed by atoms with Crippen LogP contribution in [-0.4, -0.2) is 47.5 Å². The number of ketones is 1. The minimum atomic E-state index is -1.27. The highest BCUT2D eigenvalue weighted by molar-refractivity contribution is 5.98. The zero-order valence-corrected chi connectivity index (χ0v) is 11.4. The van der Waals surface area contributed by atoms with E-state index in [0.717, 1.165) is 4.90 Å². The molecule has 0 radical (unpaired) electrons. The summed E-state index contributed by atoms with van der Waals surface area (Å²) < 4.78 is 9.84. The first kappa shape index (κ1) is 14.5. The van der Waals surface area contributed by atoms with Gasteiger partial charge in [-0.25, -0.2) is 9.59 Å². The number of hydrogen-bond acceptors (Lipinski definition) is 5. The number of nitrogens with zero attached hydrogens (tertiary/aromatic N) is 1. The largest absolute Gasteiger partial charge is 0.467 e. The van der Waals surface area contributed by atoms with Crippen molar-refractivity contribution in [1.29, 1.82) is 0 Å². The molecule has 6 heteroatoms. The molecule has 1 saturated heterocycles. The number of amides is 1. The maximum Gasteiger partial charge on any atom is 0.411 e. The average Bonchev–Trinajstić information content (AvgIpc) is 2.51. The van der Waals surface area contributed by atoms with E-state index in [4.69, 9.17) is 4.74 Å². The smallest absolute Gasteiger partial charge is 0.411 e. The summed E-state index contributed by atoms with van der Waals surface area (Å²) in [5.74, 6) is -0.798. The lowest BCUT2D eigenvalue weighted by molar-refractivity contribution is -0.152. The van der Waals surface area contributed by atoms with Gasteiger partial charge < -0.3 is 9.47 Å². The molecule has 1 aliphatic heterocycles. The molecular weight excluding hydrogens is 238 g/mol. The van der Waals surface area contributed by atoms with Gasteiger partial charge in [-0.15, -0.1) is 0 Å². The van der Waals surface area contributed by atoms with E-state index in [1.54, 1.807) is 20.8 Å². The fourth-order valence-corrected chi connectivity index (χ4v) is 1.87. The highest BCUT2D eigenvalue weighted by Crippen LogP contribution is 2.29. The molecule has 1 rings (SSSR count). The third kappa shape index (κ3) is 2.80. The third-order valence-corrected chi connectivity index (χ3v) is 2.71. The van der Waals surface area contributed by atoms with E-state index in [0.29, 0.717) is 0 Å². The molecule has 18 heavy (non-hydrogen) atoms. The van der Waals surface area contributed by atoms with Crippen LogP contribution < -0.4 is 0 Å². The summed E-state index contributed by atoms with van der Waals surface area (Å²) in [7, 11) is 1.23. The van der Waals surface area contributed by atoms with Gasteiger partial charge in [0, 0.05) is 6.42 Å². The number of carbonyl (C=O) groups is 3. The van der Waals surface area contributed by atoms with Crippen molar-refractivity contribution in [2.45, 2.75) is 45.3 Å². The standard InChI is InChI=1S/C12H19NO5/c1-11(2,3)18-10(16)13-7-8(14)6-12(13,4)9(15)17-5/h6-7H2,1-5H3/t12-/m1/s1. The average molecular weight is 257 g/mol. The minimum Gasteiger partial charge on any atom is -0.467 e. The van der Waals surface area contributed by atoms with Gasteiger partial charge in [-0.3, -0.25) is 9.69 Å². The monoisotopic (exact) mass is 257 g/mol. The molecule has 1 heterocycles. The maximum absolute atomic E-state index is 12.0. The van der Waals surface area contributed by atoms with Crippen molar-refractivity contribution in [3.63, 3.8) is 0 Å². The summed E-state index contributed by atoms with van der Waals surface area (Å²) in [4.78, 5) is 36.4. The van der Waals surface area contributed by atoms with Crippen LogP contribution >= 0.6 is 0 Å². The van der Waals surface area contributed by atoms with Crippen LogP contribution in [0.2, 0.25) is 0 Å². The van der Waals surface area contributed by atoms with Crippen LogP contribution in [0, 0.1) is 0 Å². The molecule has 1 amide bonds. The van der Waals surface area contributed by atoms with Gasteiger partial charge >= 0.3 is 12.1 Å². The summed E-state index contributed by atoms with van der Waals surface area (Å²) >= 11 is 0. The van der Waals surface area contributed by atoms with E-state index < -0.39 is 23.2 Å². The van der Waals surface area contributed by atoms with Crippen LogP contribution in [0.1, 0.15) is 34.1 Å². The fraction of sp³-hybridized carbons (Fsp3) is 0.750. The van der Waals surface area contributed by atoms with Crippen molar-refractivity contribution < 1.29 is 23.9 Å². The molecule has 0 aromatic carbocycles. The van der Waals surface area contributed by atoms with Crippen molar-refractivity contribution in [2.75, 3.05) is 13.7 Å². The van der Waals surface area contributed by atoms with Crippen molar-refractivity contribution in [2.24, 2.45) is 0 Å². The normalized spacial score (nSPS) is 24.1. The number of methoxy groups -OCH3 is 1. The zero-order chi connectivity index (χ0) is 14.1. The Bertz CT molecular complexity index is 384. The van der Waals surface area contributed by atoms with E-state index >= 15 is 0 Å². The summed E-state index contributed by atoms with van der Waals surface area (Å²) in [5, 5.41) is 0. The highest BCUT2D eigenvalue weighted by atomic mass is 16.6. The number of carbonyl (C=O) groups excluding carboxylic acids is 3. The number of Topliss-reactive ketones (excluding diaryl/α,β-unsaturated/α-hetero) is 1. The zero-order valence-electron chi connectivity index (χ0n) is 11.4. The van der Waals surface area contributed by atoms with Gasteiger partial charge in [-0.05, 0) is 27.7 Å². The molecule has 0 aromatic rings. The number of rotatable bonds is 1. The van der Waals surface area contributed by atoms with E-state index in [-0.39, 0.29) is 18.7 Å². The van der Waals surface area contributed by atoms with Crippen LogP contribution in [0.15, 0.2) is 0 Å². The third-order valence-electron chi connectivity index (χ3n) is 2.71. The van der Waals surface area contributed by atoms with Gasteiger partial charge in [0.1, 0.15) is 11.1 Å². The Hall–Kier alpha value is -1.59. The Labute approximate surface area is 106 Å². The van der Waals surface area contributed by atoms with Gasteiger partial charge in [0.05, 0.1) is 13.7 Å². The molecule has 1 fully saturated rings. The van der Waals surface area contributed by atoms with Crippen molar-refractivity contribution in [3.05, 3.63) is 0 Å². The van der Waals surface area contributed by atoms with Crippen LogP contribution in [0.25, 0.3) is 0 Å². The SMILES string of the molecule is COC(=O)[C@@]1(C)CC(=O)CN1C(=O)OC(C)(C)C. The second-order valence-corrected chi connectivity index (χ2v) is 5.55. The summed E-state index contributed by atoms with van der Waals surface area (Å²) in [5.41, 5.74) is -1.95. The second-order valence-electron chi connectivity index (χ2n) is 5.55. The molecule has 0 spiro atoms. The fourth-order valence-electron chi connectivity index (χ4n) is 1.87. The first-order valence-electron chi connectivity index (χ1n) is 5.71. The molecule has 1 atom stereocenters. The van der Waals surface area contributed by atoms with E-state index in [2.05, 4.69) is 4.74 Å². The quantitative estimate of drug-likeness (QED) is 0.658. The van der Waals surface area contributed by atoms with Crippen LogP contribution in [0.3, 0.4) is 0 Å². The molecule has 0 N–H and O–H groups in total. The van der Waals surface area contributed by atoms with E-state index in [9.17, 15) is 14.4 Å².